The number of benzene rings is 8. The fourth-order valence-electron chi connectivity index (χ4n) is 8.24. The van der Waals surface area contributed by atoms with Crippen LogP contribution >= 0.6 is 11.3 Å². The molecule has 12 aromatic rings. The highest BCUT2D eigenvalue weighted by Crippen LogP contribution is 2.42. The molecule has 12 rings (SSSR count). The normalized spacial score (nSPS) is 11.9. The molecule has 0 unspecified atom stereocenters. The molecule has 266 valence electrons. The monoisotopic (exact) mass is 747 g/mol. The lowest BCUT2D eigenvalue weighted by Crippen LogP contribution is -2.00. The maximum absolute atomic E-state index is 6.48. The molecule has 8 aromatic carbocycles. The van der Waals surface area contributed by atoms with Crippen LogP contribution in [0.2, 0.25) is 0 Å². The molecule has 0 aliphatic rings. The van der Waals surface area contributed by atoms with E-state index < -0.39 is 0 Å². The molecule has 6 heteroatoms. The van der Waals surface area contributed by atoms with Crippen molar-refractivity contribution >= 4 is 75.4 Å². The third-order valence-electron chi connectivity index (χ3n) is 10.9. The Balaban J connectivity index is 1.01. The van der Waals surface area contributed by atoms with Gasteiger partial charge in [0.15, 0.2) is 17.5 Å². The number of rotatable bonds is 5. The minimum atomic E-state index is 0.554. The number of fused-ring (bicyclic) bond motifs is 9. The summed E-state index contributed by atoms with van der Waals surface area (Å²) in [4.78, 5) is 15.2. The van der Waals surface area contributed by atoms with Gasteiger partial charge < -0.3 is 8.83 Å². The summed E-state index contributed by atoms with van der Waals surface area (Å²) in [5, 5.41) is 6.82. The van der Waals surface area contributed by atoms with E-state index in [4.69, 9.17) is 23.8 Å². The van der Waals surface area contributed by atoms with Crippen LogP contribution in [-0.2, 0) is 0 Å². The van der Waals surface area contributed by atoms with Crippen molar-refractivity contribution < 1.29 is 8.83 Å². The highest BCUT2D eigenvalue weighted by Gasteiger charge is 2.19. The first-order valence-corrected chi connectivity index (χ1v) is 19.7. The van der Waals surface area contributed by atoms with E-state index >= 15 is 0 Å². The van der Waals surface area contributed by atoms with Gasteiger partial charge >= 0.3 is 0 Å². The molecule has 4 heterocycles. The van der Waals surface area contributed by atoms with Crippen molar-refractivity contribution in [3.63, 3.8) is 0 Å². The molecule has 0 bridgehead atoms. The summed E-state index contributed by atoms with van der Waals surface area (Å²) in [6, 6.07) is 61.0. The maximum Gasteiger partial charge on any atom is 0.167 e. The summed E-state index contributed by atoms with van der Waals surface area (Å²) >= 11 is 1.84. The Morgan fingerprint density at radius 3 is 1.86 bits per heavy atom. The van der Waals surface area contributed by atoms with Crippen molar-refractivity contribution in [2.75, 3.05) is 0 Å². The van der Waals surface area contributed by atoms with Crippen LogP contribution in [0.4, 0.5) is 0 Å². The lowest BCUT2D eigenvalue weighted by atomic mass is 9.96. The molecule has 0 saturated carbocycles. The molecule has 0 fully saturated rings. The average Bonchev–Trinajstić information content (AvgIpc) is 3.97. The van der Waals surface area contributed by atoms with E-state index in [0.717, 1.165) is 77.3 Å². The highest BCUT2D eigenvalue weighted by molar-refractivity contribution is 7.25. The molecule has 0 radical (unpaired) electrons. The van der Waals surface area contributed by atoms with Crippen LogP contribution in [-0.4, -0.2) is 15.0 Å². The fourth-order valence-corrected chi connectivity index (χ4v) is 9.33. The molecule has 4 aromatic heterocycles. The zero-order valence-corrected chi connectivity index (χ0v) is 31.1. The first kappa shape index (κ1) is 31.9. The molecule has 57 heavy (non-hydrogen) atoms. The van der Waals surface area contributed by atoms with Crippen LogP contribution in [0.15, 0.2) is 185 Å². The van der Waals surface area contributed by atoms with E-state index in [-0.39, 0.29) is 0 Å². The van der Waals surface area contributed by atoms with Gasteiger partial charge in [0.05, 0.1) is 5.56 Å². The van der Waals surface area contributed by atoms with Crippen molar-refractivity contribution in [3.05, 3.63) is 176 Å². The Hall–Kier alpha value is -7.41. The number of aromatic nitrogens is 3. The summed E-state index contributed by atoms with van der Waals surface area (Å²) in [5.41, 5.74) is 10.3. The predicted molar refractivity (Wildman–Crippen MR) is 234 cm³/mol. The van der Waals surface area contributed by atoms with Crippen LogP contribution in [0.5, 0.6) is 0 Å². The van der Waals surface area contributed by atoms with Gasteiger partial charge in [-0.2, -0.15) is 0 Å². The second-order valence-electron chi connectivity index (χ2n) is 14.3. The van der Waals surface area contributed by atoms with Gasteiger partial charge in [-0.15, -0.1) is 11.3 Å². The number of nitrogens with zero attached hydrogens (tertiary/aromatic N) is 3. The Morgan fingerprint density at radius 2 is 0.947 bits per heavy atom. The molecule has 0 aliphatic carbocycles. The molecule has 0 atom stereocenters. The van der Waals surface area contributed by atoms with Gasteiger partial charge in [0, 0.05) is 52.8 Å². The largest absolute Gasteiger partial charge is 0.456 e. The minimum absolute atomic E-state index is 0.554. The number of thiophene rings is 1. The minimum Gasteiger partial charge on any atom is -0.456 e. The summed E-state index contributed by atoms with van der Waals surface area (Å²) in [5.74, 6) is 1.73. The lowest BCUT2D eigenvalue weighted by molar-refractivity contribution is 0.669. The smallest absolute Gasteiger partial charge is 0.167 e. The molecule has 0 saturated heterocycles. The number of furan rings is 2. The van der Waals surface area contributed by atoms with E-state index in [0.29, 0.717) is 17.5 Å². The van der Waals surface area contributed by atoms with Crippen molar-refractivity contribution in [2.45, 2.75) is 0 Å². The van der Waals surface area contributed by atoms with Crippen molar-refractivity contribution in [2.24, 2.45) is 0 Å². The SMILES string of the molecule is c1ccc(-c2nc(-c3cccc(-c4cccc5oc6ccc(-c7ccc8sc9ccccc9c8c7)cc6c45)c3)nc(-c3cccc4c3oc3ccccc34)n2)cc1. The molecular formula is C51H29N3O2S. The molecule has 0 aliphatic heterocycles. The zero-order chi connectivity index (χ0) is 37.5. The Morgan fingerprint density at radius 1 is 0.333 bits per heavy atom. The van der Waals surface area contributed by atoms with Crippen LogP contribution < -0.4 is 0 Å². The second-order valence-corrected chi connectivity index (χ2v) is 15.4. The van der Waals surface area contributed by atoms with Crippen LogP contribution in [0, 0.1) is 0 Å². The maximum atomic E-state index is 6.48. The van der Waals surface area contributed by atoms with Crippen molar-refractivity contribution in [1.82, 2.24) is 15.0 Å². The van der Waals surface area contributed by atoms with Gasteiger partial charge in [-0.05, 0) is 76.9 Å². The van der Waals surface area contributed by atoms with E-state index in [1.54, 1.807) is 0 Å². The summed E-state index contributed by atoms with van der Waals surface area (Å²) in [7, 11) is 0. The Bertz CT molecular complexity index is 3540. The first-order chi connectivity index (χ1) is 28.2. The van der Waals surface area contributed by atoms with Crippen molar-refractivity contribution in [3.8, 4) is 56.4 Å². The molecule has 0 spiro atoms. The zero-order valence-electron chi connectivity index (χ0n) is 30.3. The molecule has 0 N–H and O–H groups in total. The lowest BCUT2D eigenvalue weighted by Gasteiger charge is -2.10. The molecular weight excluding hydrogens is 719 g/mol. The predicted octanol–water partition coefficient (Wildman–Crippen LogP) is 14.4. The summed E-state index contributed by atoms with van der Waals surface area (Å²) < 4.78 is 15.5. The van der Waals surface area contributed by atoms with Crippen LogP contribution in [0.1, 0.15) is 0 Å². The topological polar surface area (TPSA) is 65.0 Å². The van der Waals surface area contributed by atoms with Crippen LogP contribution in [0.3, 0.4) is 0 Å². The summed E-state index contributed by atoms with van der Waals surface area (Å²) in [6.45, 7) is 0. The quantitative estimate of drug-likeness (QED) is 0.175. The van der Waals surface area contributed by atoms with Gasteiger partial charge in [0.1, 0.15) is 22.3 Å². The Kier molecular flexibility index (Phi) is 7.03. The van der Waals surface area contributed by atoms with Gasteiger partial charge in [-0.25, -0.2) is 15.0 Å². The third kappa shape index (κ3) is 5.19. The van der Waals surface area contributed by atoms with E-state index in [9.17, 15) is 0 Å². The third-order valence-corrected chi connectivity index (χ3v) is 12.1. The Labute approximate surface area is 330 Å². The average molecular weight is 748 g/mol. The molecule has 0 amide bonds. The van der Waals surface area contributed by atoms with E-state index in [2.05, 4.69) is 115 Å². The van der Waals surface area contributed by atoms with Gasteiger partial charge in [0.25, 0.3) is 0 Å². The fraction of sp³-hybridized carbons (Fsp3) is 0. The van der Waals surface area contributed by atoms with E-state index in [1.807, 2.05) is 72.0 Å². The number of para-hydroxylation sites is 2. The second kappa shape index (κ2) is 12.6. The van der Waals surface area contributed by atoms with Gasteiger partial charge in [-0.1, -0.05) is 121 Å². The standard InChI is InChI=1S/C51H29N3O2S/c1-2-11-30(12-3-1)49-52-50(54-51(53-49)39-19-9-18-38-36-15-4-6-20-42(36)56-48(38)39)34-14-8-13-33(27-34)35-17-10-21-44-47(35)41-29-31(23-25-43(41)55-44)32-24-26-46-40(28-32)37-16-5-7-22-45(37)57-46/h1-29H. The number of hydrogen-bond donors (Lipinski definition) is 0. The van der Waals surface area contributed by atoms with E-state index in [1.165, 1.54) is 25.7 Å². The van der Waals surface area contributed by atoms with Gasteiger partial charge in [-0.3, -0.25) is 0 Å². The first-order valence-electron chi connectivity index (χ1n) is 18.9. The number of hydrogen-bond acceptors (Lipinski definition) is 6. The highest BCUT2D eigenvalue weighted by atomic mass is 32.1. The molecule has 5 nitrogen and oxygen atoms in total. The van der Waals surface area contributed by atoms with Crippen LogP contribution in [0.25, 0.3) is 120 Å². The van der Waals surface area contributed by atoms with Gasteiger partial charge in [0.2, 0.25) is 0 Å². The summed E-state index contributed by atoms with van der Waals surface area (Å²) in [6.07, 6.45) is 0. The van der Waals surface area contributed by atoms with Crippen molar-refractivity contribution in [1.29, 1.82) is 0 Å².